The van der Waals surface area contributed by atoms with Gasteiger partial charge in [-0.25, -0.2) is 0 Å². The maximum atomic E-state index is 10.6. The van der Waals surface area contributed by atoms with Gasteiger partial charge >= 0.3 is 0 Å². The van der Waals surface area contributed by atoms with Gasteiger partial charge in [0.2, 0.25) is 5.91 Å². The van der Waals surface area contributed by atoms with E-state index in [2.05, 4.69) is 22.1 Å². The minimum absolute atomic E-state index is 0.0666. The number of carbonyl (C=O) groups excluding carboxylic acids is 1. The zero-order valence-corrected chi connectivity index (χ0v) is 9.22. The van der Waals surface area contributed by atoms with Crippen molar-refractivity contribution in [2.24, 2.45) is 0 Å². The normalized spacial score (nSPS) is 9.00. The van der Waals surface area contributed by atoms with Crippen molar-refractivity contribution in [3.05, 3.63) is 29.1 Å². The molecule has 0 bridgehead atoms. The van der Waals surface area contributed by atoms with Crippen molar-refractivity contribution in [3.8, 4) is 11.8 Å². The fourth-order valence-electron chi connectivity index (χ4n) is 1.13. The van der Waals surface area contributed by atoms with E-state index in [4.69, 9.17) is 0 Å². The van der Waals surface area contributed by atoms with Crippen molar-refractivity contribution >= 4 is 5.91 Å². The Morgan fingerprint density at radius 3 is 2.80 bits per heavy atom. The van der Waals surface area contributed by atoms with Gasteiger partial charge in [0.05, 0.1) is 12.2 Å². The van der Waals surface area contributed by atoms with Crippen LogP contribution in [-0.4, -0.2) is 17.4 Å². The van der Waals surface area contributed by atoms with Crippen molar-refractivity contribution in [3.63, 3.8) is 0 Å². The van der Waals surface area contributed by atoms with Crippen molar-refractivity contribution in [2.45, 2.75) is 20.8 Å². The molecule has 0 atom stereocenters. The summed E-state index contributed by atoms with van der Waals surface area (Å²) in [6, 6.07) is 3.87. The lowest BCUT2D eigenvalue weighted by Crippen LogP contribution is -2.19. The van der Waals surface area contributed by atoms with Crippen LogP contribution in [0.1, 0.15) is 23.9 Å². The maximum absolute atomic E-state index is 10.6. The van der Waals surface area contributed by atoms with E-state index in [0.29, 0.717) is 6.54 Å². The third-order valence-electron chi connectivity index (χ3n) is 1.87. The second-order valence-electron chi connectivity index (χ2n) is 3.30. The standard InChI is InChI=1S/C12H14N2O/c1-9-6-7-12(10(2)14-9)5-4-8-13-11(3)15/h6-7H,8H2,1-3H3,(H,13,15). The summed E-state index contributed by atoms with van der Waals surface area (Å²) < 4.78 is 0. The van der Waals surface area contributed by atoms with Gasteiger partial charge in [0.1, 0.15) is 0 Å². The van der Waals surface area contributed by atoms with Crippen LogP contribution in [0, 0.1) is 25.7 Å². The molecule has 0 saturated carbocycles. The molecule has 1 rings (SSSR count). The van der Waals surface area contributed by atoms with E-state index in [1.807, 2.05) is 26.0 Å². The van der Waals surface area contributed by atoms with Crippen molar-refractivity contribution < 1.29 is 4.79 Å². The quantitative estimate of drug-likeness (QED) is 0.695. The molecule has 0 aliphatic rings. The van der Waals surface area contributed by atoms with Gasteiger partial charge in [0, 0.05) is 18.2 Å². The van der Waals surface area contributed by atoms with Gasteiger partial charge in [-0.05, 0) is 26.0 Å². The Hall–Kier alpha value is -1.82. The van der Waals surface area contributed by atoms with Crippen LogP contribution >= 0.6 is 0 Å². The van der Waals surface area contributed by atoms with E-state index >= 15 is 0 Å². The minimum Gasteiger partial charge on any atom is -0.345 e. The Bertz CT molecular complexity index is 427. The van der Waals surface area contributed by atoms with Crippen LogP contribution in [0.4, 0.5) is 0 Å². The molecule has 0 fully saturated rings. The van der Waals surface area contributed by atoms with E-state index in [9.17, 15) is 4.79 Å². The van der Waals surface area contributed by atoms with E-state index in [1.165, 1.54) is 6.92 Å². The van der Waals surface area contributed by atoms with Crippen molar-refractivity contribution in [1.82, 2.24) is 10.3 Å². The third-order valence-corrected chi connectivity index (χ3v) is 1.87. The van der Waals surface area contributed by atoms with Gasteiger partial charge in [-0.3, -0.25) is 9.78 Å². The molecule has 0 radical (unpaired) electrons. The lowest BCUT2D eigenvalue weighted by Gasteiger charge is -1.98. The topological polar surface area (TPSA) is 42.0 Å². The summed E-state index contributed by atoms with van der Waals surface area (Å²) in [5.41, 5.74) is 2.82. The average Bonchev–Trinajstić information content (AvgIpc) is 2.14. The van der Waals surface area contributed by atoms with Crippen LogP contribution in [0.25, 0.3) is 0 Å². The highest BCUT2D eigenvalue weighted by molar-refractivity contribution is 5.73. The third kappa shape index (κ3) is 3.82. The number of rotatable bonds is 1. The monoisotopic (exact) mass is 202 g/mol. The van der Waals surface area contributed by atoms with Gasteiger partial charge in [-0.15, -0.1) is 0 Å². The molecular weight excluding hydrogens is 188 g/mol. The summed E-state index contributed by atoms with van der Waals surface area (Å²) >= 11 is 0. The minimum atomic E-state index is -0.0666. The average molecular weight is 202 g/mol. The molecule has 0 saturated heterocycles. The molecule has 15 heavy (non-hydrogen) atoms. The number of amides is 1. The number of pyridine rings is 1. The number of hydrogen-bond acceptors (Lipinski definition) is 2. The molecule has 0 spiro atoms. The first-order chi connectivity index (χ1) is 7.09. The van der Waals surface area contributed by atoms with Crippen LogP contribution in [0.2, 0.25) is 0 Å². The predicted octanol–water partition coefficient (Wildman–Crippen LogP) is 1.19. The molecule has 1 aromatic rings. The summed E-state index contributed by atoms with van der Waals surface area (Å²) in [6.45, 7) is 5.72. The Kier molecular flexibility index (Phi) is 3.87. The molecule has 1 heterocycles. The number of nitrogens with one attached hydrogen (secondary N) is 1. The molecule has 78 valence electrons. The van der Waals surface area contributed by atoms with Gasteiger partial charge in [0.15, 0.2) is 0 Å². The van der Waals surface area contributed by atoms with Crippen molar-refractivity contribution in [2.75, 3.05) is 6.54 Å². The van der Waals surface area contributed by atoms with E-state index in [1.54, 1.807) is 0 Å². The lowest BCUT2D eigenvalue weighted by atomic mass is 10.2. The fraction of sp³-hybridized carbons (Fsp3) is 0.333. The summed E-state index contributed by atoms with van der Waals surface area (Å²) in [6.07, 6.45) is 0. The first-order valence-corrected chi connectivity index (χ1v) is 4.77. The number of carbonyl (C=O) groups is 1. The first kappa shape index (κ1) is 11.3. The Labute approximate surface area is 89.9 Å². The van der Waals surface area contributed by atoms with Crippen LogP contribution in [0.5, 0.6) is 0 Å². The number of hydrogen-bond donors (Lipinski definition) is 1. The van der Waals surface area contributed by atoms with Gasteiger partial charge in [0.25, 0.3) is 0 Å². The molecule has 1 aromatic heterocycles. The van der Waals surface area contributed by atoms with Crippen LogP contribution < -0.4 is 5.32 Å². The van der Waals surface area contributed by atoms with Gasteiger partial charge < -0.3 is 5.32 Å². The number of aryl methyl sites for hydroxylation is 2. The molecule has 0 aromatic carbocycles. The molecule has 0 aliphatic carbocycles. The number of aromatic nitrogens is 1. The number of nitrogens with zero attached hydrogens (tertiary/aromatic N) is 1. The largest absolute Gasteiger partial charge is 0.345 e. The Morgan fingerprint density at radius 2 is 2.20 bits per heavy atom. The molecule has 0 unspecified atom stereocenters. The van der Waals surface area contributed by atoms with E-state index in [-0.39, 0.29) is 5.91 Å². The van der Waals surface area contributed by atoms with E-state index < -0.39 is 0 Å². The van der Waals surface area contributed by atoms with Crippen LogP contribution in [-0.2, 0) is 4.79 Å². The highest BCUT2D eigenvalue weighted by atomic mass is 16.1. The zero-order chi connectivity index (χ0) is 11.3. The Balaban J connectivity index is 2.67. The van der Waals surface area contributed by atoms with Crippen LogP contribution in [0.15, 0.2) is 12.1 Å². The molecule has 1 amide bonds. The van der Waals surface area contributed by atoms with E-state index in [0.717, 1.165) is 17.0 Å². The molecule has 0 aliphatic heterocycles. The highest BCUT2D eigenvalue weighted by Crippen LogP contribution is 2.03. The second kappa shape index (κ2) is 5.16. The second-order valence-corrected chi connectivity index (χ2v) is 3.30. The van der Waals surface area contributed by atoms with Gasteiger partial charge in [-0.2, -0.15) is 0 Å². The molecule has 1 N–H and O–H groups in total. The summed E-state index contributed by atoms with van der Waals surface area (Å²) in [4.78, 5) is 14.9. The first-order valence-electron chi connectivity index (χ1n) is 4.77. The van der Waals surface area contributed by atoms with Gasteiger partial charge in [-0.1, -0.05) is 11.8 Å². The molecule has 3 heteroatoms. The van der Waals surface area contributed by atoms with Crippen molar-refractivity contribution in [1.29, 1.82) is 0 Å². The summed E-state index contributed by atoms with van der Waals surface area (Å²) in [5, 5.41) is 2.61. The zero-order valence-electron chi connectivity index (χ0n) is 9.22. The predicted molar refractivity (Wildman–Crippen MR) is 59.3 cm³/mol. The summed E-state index contributed by atoms with van der Waals surface area (Å²) in [7, 11) is 0. The molecule has 3 nitrogen and oxygen atoms in total. The fourth-order valence-corrected chi connectivity index (χ4v) is 1.13. The highest BCUT2D eigenvalue weighted by Gasteiger charge is 1.95. The maximum Gasteiger partial charge on any atom is 0.217 e. The Morgan fingerprint density at radius 1 is 1.47 bits per heavy atom. The lowest BCUT2D eigenvalue weighted by molar-refractivity contribution is -0.118. The smallest absolute Gasteiger partial charge is 0.217 e. The molecular formula is C12H14N2O. The summed E-state index contributed by atoms with van der Waals surface area (Å²) in [5.74, 6) is 5.77. The van der Waals surface area contributed by atoms with Crippen LogP contribution in [0.3, 0.4) is 0 Å². The SMILES string of the molecule is CC(=O)NCC#Cc1ccc(C)nc1C.